The first-order chi connectivity index (χ1) is 26.9. The van der Waals surface area contributed by atoms with E-state index in [1.54, 1.807) is 23.5 Å². The predicted molar refractivity (Wildman–Crippen MR) is 249 cm³/mol. The molecule has 0 bridgehead atoms. The number of pyridine rings is 2. The van der Waals surface area contributed by atoms with Crippen molar-refractivity contribution >= 4 is 52.0 Å². The summed E-state index contributed by atoms with van der Waals surface area (Å²) in [7, 11) is 1.95. The molecule has 2 aromatic heterocycles. The number of halogens is 3. The van der Waals surface area contributed by atoms with Crippen LogP contribution in [0, 0.1) is 63.1 Å². The molecule has 0 spiro atoms. The molecule has 5 nitrogen and oxygen atoms in total. The number of fused-ring (bicyclic) bond motifs is 10. The van der Waals surface area contributed by atoms with Gasteiger partial charge in [0, 0.05) is 67.9 Å². The van der Waals surface area contributed by atoms with E-state index in [1.807, 2.05) is 37.1 Å². The number of aromatic nitrogens is 2. The largest absolute Gasteiger partial charge is 0.393 e. The van der Waals surface area contributed by atoms with Crippen molar-refractivity contribution in [2.75, 3.05) is 7.05 Å². The molecule has 0 amide bonds. The van der Waals surface area contributed by atoms with Crippen LogP contribution >= 0.6 is 40.7 Å². The van der Waals surface area contributed by atoms with Gasteiger partial charge in [-0.1, -0.05) is 70.1 Å². The molecule has 0 radical (unpaired) electrons. The third-order valence-corrected chi connectivity index (χ3v) is 18.1. The Labute approximate surface area is 391 Å². The zero-order valence-electron chi connectivity index (χ0n) is 36.4. The first kappa shape index (κ1) is 48.7. The van der Waals surface area contributed by atoms with Gasteiger partial charge in [-0.25, -0.2) is 0 Å². The molecule has 0 aromatic carbocycles. The molecule has 8 aliphatic carbocycles. The summed E-state index contributed by atoms with van der Waals surface area (Å²) in [6, 6.07) is 8.13. The van der Waals surface area contributed by atoms with Crippen LogP contribution < -0.4 is 5.43 Å². The molecule has 8 aliphatic rings. The Kier molecular flexibility index (Phi) is 16.2. The van der Waals surface area contributed by atoms with E-state index in [9.17, 15) is 5.11 Å². The standard InChI is InChI=1S/C24H31NO.C21H34N2.C5H4BrN.2ClH.Pd/c1-23-11-9-18(26)14-17(23)5-6-19-21-8-7-20(16-4-3-13-25-15-16)24(21,2)12-10-22(19)23;1-14-9-11-20(2)15(13-14)5-6-16-17-7-8-19(23-22-4)21(17,3)12-10-18(16)20;6-5-2-1-3-7-4-5;;;/h3-5,7,13,15,18-19,21-22,26H,6,8-12,14H2,1-2H3;5,14,16-18,22H,6-13H2,1-4H3;1-4H;2*1H;/b;23-19+;;;;/t18-,19?,21?,22?,23-,24+;14-,16?,17?,18?,20-,21-;;;;/m00..../s1. The molecule has 0 aliphatic heterocycles. The van der Waals surface area contributed by atoms with Gasteiger partial charge >= 0.3 is 0 Å². The second kappa shape index (κ2) is 19.6. The Morgan fingerprint density at radius 1 is 0.695 bits per heavy atom. The van der Waals surface area contributed by atoms with Gasteiger partial charge in [0.05, 0.1) is 6.10 Å². The quantitative estimate of drug-likeness (QED) is 0.179. The summed E-state index contributed by atoms with van der Waals surface area (Å²) in [6.45, 7) is 12.6. The molecule has 59 heavy (non-hydrogen) atoms. The number of nitrogens with zero attached hydrogens (tertiary/aromatic N) is 3. The van der Waals surface area contributed by atoms with E-state index in [2.05, 4.69) is 101 Å². The number of rotatable bonds is 2. The van der Waals surface area contributed by atoms with E-state index < -0.39 is 0 Å². The Morgan fingerprint density at radius 2 is 1.27 bits per heavy atom. The van der Waals surface area contributed by atoms with Crippen LogP contribution in [0.1, 0.15) is 136 Å². The Balaban J connectivity index is 0.000000185. The molecule has 6 unspecified atom stereocenters. The maximum absolute atomic E-state index is 10.2. The summed E-state index contributed by atoms with van der Waals surface area (Å²) in [5.41, 5.74) is 12.3. The SMILES string of the molecule is Brc1cccnc1.CN/N=C1\CCC2C3CC=C4C[C@@H](C)CC[C@]4(C)C3CC[C@]12C.C[C@]12CC[C@H](O)CC1=CCC1C2CC[C@]2(C)C(c3cccnc3)=CCC12.Cl.Cl.[Pd]. The topological polar surface area (TPSA) is 70.4 Å². The molecular weight excluding hydrogens is 930 g/mol. The number of allylic oxidation sites excluding steroid dienone is 5. The van der Waals surface area contributed by atoms with Crippen LogP contribution in [0.2, 0.25) is 0 Å². The number of aliphatic hydroxyl groups excluding tert-OH is 1. The van der Waals surface area contributed by atoms with Crippen molar-refractivity contribution in [2.24, 2.45) is 68.2 Å². The van der Waals surface area contributed by atoms with Crippen molar-refractivity contribution in [3.05, 3.63) is 88.5 Å². The summed E-state index contributed by atoms with van der Waals surface area (Å²) < 4.78 is 1.02. The zero-order valence-corrected chi connectivity index (χ0v) is 41.1. The van der Waals surface area contributed by atoms with Crippen LogP contribution in [-0.4, -0.2) is 33.9 Å². The smallest absolute Gasteiger partial charge is 0.0577 e. The van der Waals surface area contributed by atoms with Gasteiger partial charge < -0.3 is 10.5 Å². The Morgan fingerprint density at radius 3 is 1.86 bits per heavy atom. The molecule has 9 heteroatoms. The Bertz CT molecular complexity index is 1860. The van der Waals surface area contributed by atoms with Gasteiger partial charge in [0.15, 0.2) is 0 Å². The monoisotopic (exact) mass is 998 g/mol. The number of nitrogens with one attached hydrogen (secondary N) is 1. The molecule has 2 heterocycles. The van der Waals surface area contributed by atoms with Gasteiger partial charge in [-0.05, 0) is 199 Å². The van der Waals surface area contributed by atoms with Gasteiger partial charge in [-0.15, -0.1) is 24.8 Å². The van der Waals surface area contributed by atoms with Crippen molar-refractivity contribution in [1.82, 2.24) is 15.4 Å². The fourth-order valence-corrected chi connectivity index (χ4v) is 14.7. The normalized spacial score (nSPS) is 40.4. The summed E-state index contributed by atoms with van der Waals surface area (Å²) in [6.07, 6.45) is 34.1. The van der Waals surface area contributed by atoms with Crippen molar-refractivity contribution < 1.29 is 25.5 Å². The maximum atomic E-state index is 10.2. The molecule has 10 rings (SSSR count). The van der Waals surface area contributed by atoms with Crippen LogP contribution in [0.4, 0.5) is 0 Å². The van der Waals surface area contributed by atoms with Crippen molar-refractivity contribution in [2.45, 2.75) is 137 Å². The second-order valence-electron chi connectivity index (χ2n) is 20.3. The summed E-state index contributed by atoms with van der Waals surface area (Å²) in [4.78, 5) is 8.21. The molecule has 5 saturated carbocycles. The van der Waals surface area contributed by atoms with E-state index in [1.165, 1.54) is 94.7 Å². The first-order valence-electron chi connectivity index (χ1n) is 22.4. The van der Waals surface area contributed by atoms with Crippen molar-refractivity contribution in [3.63, 3.8) is 0 Å². The predicted octanol–water partition coefficient (Wildman–Crippen LogP) is 13.2. The fourth-order valence-electron chi connectivity index (χ4n) is 14.5. The van der Waals surface area contributed by atoms with E-state index in [0.717, 1.165) is 58.7 Å². The molecule has 2 N–H and O–H groups in total. The molecule has 12 atom stereocenters. The number of hydrogen-bond acceptors (Lipinski definition) is 5. The minimum Gasteiger partial charge on any atom is -0.393 e. The first-order valence-corrected chi connectivity index (χ1v) is 23.2. The average Bonchev–Trinajstić information content (AvgIpc) is 3.73. The molecule has 2 aromatic rings. The van der Waals surface area contributed by atoms with Crippen LogP contribution in [0.5, 0.6) is 0 Å². The van der Waals surface area contributed by atoms with E-state index in [-0.39, 0.29) is 51.3 Å². The van der Waals surface area contributed by atoms with Gasteiger partial charge in [0.25, 0.3) is 0 Å². The molecule has 328 valence electrons. The van der Waals surface area contributed by atoms with E-state index >= 15 is 0 Å². The Hall–Kier alpha value is -1.33. The summed E-state index contributed by atoms with van der Waals surface area (Å²) >= 11 is 3.25. The molecular formula is C50H71BrCl2N4OPd. The van der Waals surface area contributed by atoms with E-state index in [4.69, 9.17) is 0 Å². The summed E-state index contributed by atoms with van der Waals surface area (Å²) in [5, 5.41) is 14.8. The van der Waals surface area contributed by atoms with Gasteiger partial charge in [-0.2, -0.15) is 5.10 Å². The number of hydrazone groups is 1. The average molecular weight is 1000 g/mol. The van der Waals surface area contributed by atoms with Crippen LogP contribution in [0.15, 0.2) is 88.0 Å². The van der Waals surface area contributed by atoms with Gasteiger partial charge in [-0.3, -0.25) is 9.97 Å². The summed E-state index contributed by atoms with van der Waals surface area (Å²) in [5.74, 6) is 5.96. The van der Waals surface area contributed by atoms with Gasteiger partial charge in [0.2, 0.25) is 0 Å². The van der Waals surface area contributed by atoms with Gasteiger partial charge in [0.1, 0.15) is 0 Å². The van der Waals surface area contributed by atoms with E-state index in [0.29, 0.717) is 21.7 Å². The molecule has 5 fully saturated rings. The maximum Gasteiger partial charge on any atom is 0.0577 e. The van der Waals surface area contributed by atoms with Crippen LogP contribution in [0.25, 0.3) is 5.57 Å². The third kappa shape index (κ3) is 8.94. The second-order valence-corrected chi connectivity index (χ2v) is 21.2. The van der Waals surface area contributed by atoms with Crippen molar-refractivity contribution in [1.29, 1.82) is 0 Å². The minimum absolute atomic E-state index is 0. The van der Waals surface area contributed by atoms with Crippen LogP contribution in [0.3, 0.4) is 0 Å². The third-order valence-electron chi connectivity index (χ3n) is 17.6. The number of hydrogen-bond donors (Lipinski definition) is 2. The van der Waals surface area contributed by atoms with Crippen molar-refractivity contribution in [3.8, 4) is 0 Å². The zero-order chi connectivity index (χ0) is 39.3. The molecule has 0 saturated heterocycles. The minimum atomic E-state index is -0.106. The van der Waals surface area contributed by atoms with Crippen LogP contribution in [-0.2, 0) is 20.4 Å². The number of aliphatic hydroxyl groups is 1. The fraction of sp³-hybridized carbons (Fsp3) is 0.660.